The lowest BCUT2D eigenvalue weighted by Crippen LogP contribution is -2.48. The lowest BCUT2D eigenvalue weighted by atomic mass is 10.3. The second-order valence-corrected chi connectivity index (χ2v) is 4.47. The van der Waals surface area contributed by atoms with Crippen molar-refractivity contribution in [2.45, 2.75) is 6.17 Å². The molecule has 14 heavy (non-hydrogen) atoms. The lowest BCUT2D eigenvalue weighted by Gasteiger charge is -2.34. The van der Waals surface area contributed by atoms with Crippen LogP contribution in [0.15, 0.2) is 17.5 Å². The Kier molecular flexibility index (Phi) is 3.53. The summed E-state index contributed by atoms with van der Waals surface area (Å²) in [6, 6.07) is 4.32. The fourth-order valence-corrected chi connectivity index (χ4v) is 2.76. The summed E-state index contributed by atoms with van der Waals surface area (Å²) in [5.74, 6) is 0. The van der Waals surface area contributed by atoms with Gasteiger partial charge in [-0.05, 0) is 18.5 Å². The highest BCUT2D eigenvalue weighted by atomic mass is 32.1. The molecule has 2 rings (SSSR count). The van der Waals surface area contributed by atoms with Crippen molar-refractivity contribution in [2.75, 3.05) is 33.2 Å². The van der Waals surface area contributed by atoms with Crippen molar-refractivity contribution in [3.63, 3.8) is 0 Å². The average Bonchev–Trinajstić information content (AvgIpc) is 2.74. The summed E-state index contributed by atoms with van der Waals surface area (Å²) in [5, 5.41) is 8.90. The number of rotatable bonds is 3. The molecule has 78 valence electrons. The van der Waals surface area contributed by atoms with Gasteiger partial charge in [0.1, 0.15) is 0 Å². The van der Waals surface area contributed by atoms with Crippen LogP contribution in [0.2, 0.25) is 0 Å². The van der Waals surface area contributed by atoms with Gasteiger partial charge in [0.25, 0.3) is 0 Å². The van der Waals surface area contributed by atoms with Crippen molar-refractivity contribution in [1.82, 2.24) is 15.5 Å². The molecule has 0 spiro atoms. The fourth-order valence-electron chi connectivity index (χ4n) is 1.89. The molecular weight excluding hydrogens is 194 g/mol. The third-order valence-corrected chi connectivity index (χ3v) is 3.53. The number of nitrogens with one attached hydrogen (secondary N) is 2. The Balaban J connectivity index is 2.04. The Bertz CT molecular complexity index is 254. The van der Waals surface area contributed by atoms with Gasteiger partial charge >= 0.3 is 0 Å². The van der Waals surface area contributed by atoms with E-state index < -0.39 is 0 Å². The van der Waals surface area contributed by atoms with Crippen LogP contribution in [0.3, 0.4) is 0 Å². The summed E-state index contributed by atoms with van der Waals surface area (Å²) < 4.78 is 0. The quantitative estimate of drug-likeness (QED) is 0.777. The van der Waals surface area contributed by atoms with E-state index in [1.165, 1.54) is 4.88 Å². The molecule has 1 aromatic heterocycles. The molecule has 2 N–H and O–H groups in total. The van der Waals surface area contributed by atoms with E-state index in [0.29, 0.717) is 6.17 Å². The molecule has 4 heteroatoms. The van der Waals surface area contributed by atoms with E-state index in [0.717, 1.165) is 26.2 Å². The molecule has 0 bridgehead atoms. The van der Waals surface area contributed by atoms with Crippen LogP contribution >= 0.6 is 11.3 Å². The molecule has 1 fully saturated rings. The smallest absolute Gasteiger partial charge is 0.0953 e. The fraction of sp³-hybridized carbons (Fsp3) is 0.600. The first kappa shape index (κ1) is 10.1. The van der Waals surface area contributed by atoms with Crippen molar-refractivity contribution in [3.05, 3.63) is 22.4 Å². The molecule has 0 aromatic carbocycles. The first-order valence-corrected chi connectivity index (χ1v) is 5.95. The normalized spacial score (nSPS) is 20.9. The number of hydrogen-bond donors (Lipinski definition) is 2. The predicted molar refractivity (Wildman–Crippen MR) is 60.6 cm³/mol. The van der Waals surface area contributed by atoms with Crippen LogP contribution in [0, 0.1) is 0 Å². The zero-order chi connectivity index (χ0) is 9.80. The van der Waals surface area contributed by atoms with Crippen molar-refractivity contribution >= 4 is 11.3 Å². The minimum atomic E-state index is 0.400. The van der Waals surface area contributed by atoms with E-state index in [1.54, 1.807) is 0 Å². The largest absolute Gasteiger partial charge is 0.314 e. The van der Waals surface area contributed by atoms with Crippen LogP contribution in [-0.2, 0) is 0 Å². The first-order valence-electron chi connectivity index (χ1n) is 5.07. The molecule has 0 aliphatic carbocycles. The highest BCUT2D eigenvalue weighted by Crippen LogP contribution is 2.22. The van der Waals surface area contributed by atoms with Gasteiger partial charge in [-0.25, -0.2) is 0 Å². The first-order chi connectivity index (χ1) is 6.92. The number of piperazine rings is 1. The van der Waals surface area contributed by atoms with Crippen molar-refractivity contribution in [2.24, 2.45) is 0 Å². The maximum absolute atomic E-state index is 3.38. The van der Waals surface area contributed by atoms with Crippen LogP contribution in [0.5, 0.6) is 0 Å². The molecule has 0 saturated carbocycles. The summed E-state index contributed by atoms with van der Waals surface area (Å²) in [6.07, 6.45) is 0.400. The van der Waals surface area contributed by atoms with E-state index >= 15 is 0 Å². The minimum Gasteiger partial charge on any atom is -0.314 e. The third-order valence-electron chi connectivity index (χ3n) is 2.60. The molecule has 3 nitrogen and oxygen atoms in total. The van der Waals surface area contributed by atoms with E-state index in [9.17, 15) is 0 Å². The van der Waals surface area contributed by atoms with Crippen LogP contribution in [0.25, 0.3) is 0 Å². The van der Waals surface area contributed by atoms with Gasteiger partial charge in [-0.2, -0.15) is 0 Å². The molecule has 1 aliphatic rings. The zero-order valence-corrected chi connectivity index (χ0v) is 9.31. The molecule has 0 radical (unpaired) electrons. The molecule has 2 heterocycles. The molecule has 0 amide bonds. The third kappa shape index (κ3) is 2.15. The van der Waals surface area contributed by atoms with Gasteiger partial charge in [-0.15, -0.1) is 11.3 Å². The predicted octanol–water partition coefficient (Wildman–Crippen LogP) is 0.871. The SMILES string of the molecule is CNC(c1cccs1)N1CCNCC1. The van der Waals surface area contributed by atoms with Crippen LogP contribution in [0.1, 0.15) is 11.0 Å². The van der Waals surface area contributed by atoms with Crippen LogP contribution < -0.4 is 10.6 Å². The maximum Gasteiger partial charge on any atom is 0.0953 e. The van der Waals surface area contributed by atoms with Crippen molar-refractivity contribution in [3.8, 4) is 0 Å². The summed E-state index contributed by atoms with van der Waals surface area (Å²) in [5.41, 5.74) is 0. The Labute approximate surface area is 89.1 Å². The second-order valence-electron chi connectivity index (χ2n) is 3.49. The molecule has 1 aliphatic heterocycles. The molecule has 1 aromatic rings. The van der Waals surface area contributed by atoms with Crippen molar-refractivity contribution < 1.29 is 0 Å². The molecular formula is C10H17N3S. The Morgan fingerprint density at radius 3 is 2.86 bits per heavy atom. The van der Waals surface area contributed by atoms with E-state index in [4.69, 9.17) is 0 Å². The van der Waals surface area contributed by atoms with E-state index in [-0.39, 0.29) is 0 Å². The number of hydrogen-bond acceptors (Lipinski definition) is 4. The molecule has 1 unspecified atom stereocenters. The monoisotopic (exact) mass is 211 g/mol. The Morgan fingerprint density at radius 1 is 1.50 bits per heavy atom. The summed E-state index contributed by atoms with van der Waals surface area (Å²) in [4.78, 5) is 3.90. The van der Waals surface area contributed by atoms with Gasteiger partial charge in [-0.1, -0.05) is 6.07 Å². The zero-order valence-electron chi connectivity index (χ0n) is 8.49. The second kappa shape index (κ2) is 4.89. The summed E-state index contributed by atoms with van der Waals surface area (Å²) in [6.45, 7) is 4.46. The van der Waals surface area contributed by atoms with Gasteiger partial charge in [0, 0.05) is 31.1 Å². The highest BCUT2D eigenvalue weighted by molar-refractivity contribution is 7.10. The maximum atomic E-state index is 3.38. The Hall–Kier alpha value is -0.420. The topological polar surface area (TPSA) is 27.3 Å². The summed E-state index contributed by atoms with van der Waals surface area (Å²) >= 11 is 1.82. The standard InChI is InChI=1S/C10H17N3S/c1-11-10(9-3-2-8-14-9)13-6-4-12-5-7-13/h2-3,8,10-12H,4-7H2,1H3. The highest BCUT2D eigenvalue weighted by Gasteiger charge is 2.20. The van der Waals surface area contributed by atoms with Crippen LogP contribution in [-0.4, -0.2) is 38.1 Å². The molecule has 1 atom stereocenters. The average molecular weight is 211 g/mol. The molecule has 1 saturated heterocycles. The van der Waals surface area contributed by atoms with Gasteiger partial charge in [0.15, 0.2) is 0 Å². The minimum absolute atomic E-state index is 0.400. The Morgan fingerprint density at radius 2 is 2.29 bits per heavy atom. The van der Waals surface area contributed by atoms with Gasteiger partial charge in [0.2, 0.25) is 0 Å². The van der Waals surface area contributed by atoms with Gasteiger partial charge in [-0.3, -0.25) is 4.90 Å². The van der Waals surface area contributed by atoms with Crippen molar-refractivity contribution in [1.29, 1.82) is 0 Å². The lowest BCUT2D eigenvalue weighted by molar-refractivity contribution is 0.155. The van der Waals surface area contributed by atoms with Crippen LogP contribution in [0.4, 0.5) is 0 Å². The van der Waals surface area contributed by atoms with E-state index in [1.807, 2.05) is 18.4 Å². The number of thiophene rings is 1. The number of nitrogens with zero attached hydrogens (tertiary/aromatic N) is 1. The summed E-state index contributed by atoms with van der Waals surface area (Å²) in [7, 11) is 2.03. The van der Waals surface area contributed by atoms with Gasteiger partial charge < -0.3 is 10.6 Å². The van der Waals surface area contributed by atoms with E-state index in [2.05, 4.69) is 33.0 Å². The van der Waals surface area contributed by atoms with Gasteiger partial charge in [0.05, 0.1) is 6.17 Å².